The summed E-state index contributed by atoms with van der Waals surface area (Å²) in [5, 5.41) is 5.58. The topological polar surface area (TPSA) is 63.8 Å². The van der Waals surface area contributed by atoms with Crippen molar-refractivity contribution in [2.24, 2.45) is 0 Å². The molecule has 2 heterocycles. The van der Waals surface area contributed by atoms with Gasteiger partial charge in [0.1, 0.15) is 11.0 Å². The lowest BCUT2D eigenvalue weighted by Gasteiger charge is -2.05. The van der Waals surface area contributed by atoms with Gasteiger partial charge in [-0.2, -0.15) is 0 Å². The Morgan fingerprint density at radius 3 is 3.00 bits per heavy atom. The van der Waals surface area contributed by atoms with Gasteiger partial charge in [-0.3, -0.25) is 0 Å². The van der Waals surface area contributed by atoms with Crippen LogP contribution in [0.5, 0.6) is 0 Å². The van der Waals surface area contributed by atoms with Crippen LogP contribution in [0.3, 0.4) is 0 Å². The summed E-state index contributed by atoms with van der Waals surface area (Å²) in [6, 6.07) is 3.38. The zero-order valence-electron chi connectivity index (χ0n) is 8.48. The van der Waals surface area contributed by atoms with Crippen molar-refractivity contribution in [2.75, 3.05) is 17.6 Å². The number of rotatable bonds is 4. The number of nitrogens with zero attached hydrogens (tertiary/aromatic N) is 2. The van der Waals surface area contributed by atoms with Crippen molar-refractivity contribution in [1.82, 2.24) is 9.97 Å². The first kappa shape index (κ1) is 11.2. The Morgan fingerprint density at radius 1 is 1.44 bits per heavy atom. The first-order chi connectivity index (χ1) is 7.74. The van der Waals surface area contributed by atoms with Crippen LogP contribution in [0.1, 0.15) is 5.69 Å². The Morgan fingerprint density at radius 2 is 2.31 bits per heavy atom. The van der Waals surface area contributed by atoms with E-state index < -0.39 is 0 Å². The van der Waals surface area contributed by atoms with Gasteiger partial charge in [-0.15, -0.1) is 11.3 Å². The number of aromatic nitrogens is 2. The van der Waals surface area contributed by atoms with Gasteiger partial charge in [0, 0.05) is 30.1 Å². The van der Waals surface area contributed by atoms with Crippen LogP contribution >= 0.6 is 22.9 Å². The van der Waals surface area contributed by atoms with Crippen LogP contribution in [-0.2, 0) is 6.42 Å². The van der Waals surface area contributed by atoms with E-state index in [1.165, 1.54) is 0 Å². The molecule has 0 aliphatic heterocycles. The molecule has 6 heteroatoms. The van der Waals surface area contributed by atoms with E-state index in [4.69, 9.17) is 17.3 Å². The highest BCUT2D eigenvalue weighted by Gasteiger charge is 1.99. The number of nitrogen functional groups attached to an aromatic ring is 1. The maximum Gasteiger partial charge on any atom is 0.133 e. The smallest absolute Gasteiger partial charge is 0.133 e. The fraction of sp³-hybridized carbons (Fsp3) is 0.200. The number of anilines is 2. The molecule has 0 fully saturated rings. The zero-order valence-corrected chi connectivity index (χ0v) is 10.1. The Hall–Kier alpha value is -1.33. The van der Waals surface area contributed by atoms with Crippen molar-refractivity contribution in [2.45, 2.75) is 6.42 Å². The molecule has 2 aromatic heterocycles. The quantitative estimate of drug-likeness (QED) is 0.823. The maximum atomic E-state index is 5.79. The lowest BCUT2D eigenvalue weighted by Crippen LogP contribution is -2.07. The molecule has 0 amide bonds. The van der Waals surface area contributed by atoms with E-state index in [-0.39, 0.29) is 0 Å². The van der Waals surface area contributed by atoms with Gasteiger partial charge in [0.25, 0.3) is 0 Å². The zero-order chi connectivity index (χ0) is 11.4. The van der Waals surface area contributed by atoms with Crippen LogP contribution in [-0.4, -0.2) is 16.5 Å². The van der Waals surface area contributed by atoms with Crippen molar-refractivity contribution in [1.29, 1.82) is 0 Å². The SMILES string of the molecule is Nc1cc(Cl)nc(NCCc2cscn2)c1. The fourth-order valence-corrected chi connectivity index (χ4v) is 2.10. The van der Waals surface area contributed by atoms with E-state index in [1.807, 2.05) is 10.9 Å². The van der Waals surface area contributed by atoms with Crippen molar-refractivity contribution < 1.29 is 0 Å². The molecule has 0 spiro atoms. The summed E-state index contributed by atoms with van der Waals surface area (Å²) in [6.45, 7) is 0.760. The van der Waals surface area contributed by atoms with E-state index in [2.05, 4.69) is 15.3 Å². The predicted octanol–water partition coefficient (Wildman–Crippen LogP) is 2.43. The van der Waals surface area contributed by atoms with Gasteiger partial charge in [0.15, 0.2) is 0 Å². The summed E-state index contributed by atoms with van der Waals surface area (Å²) in [6.07, 6.45) is 0.859. The third-order valence-corrected chi connectivity index (χ3v) is 2.82. The maximum absolute atomic E-state index is 5.79. The summed E-state index contributed by atoms with van der Waals surface area (Å²) >= 11 is 7.38. The molecule has 2 rings (SSSR count). The second-order valence-corrected chi connectivity index (χ2v) is 4.37. The lowest BCUT2D eigenvalue weighted by atomic mass is 10.3. The highest BCUT2D eigenvalue weighted by atomic mass is 35.5. The monoisotopic (exact) mass is 254 g/mol. The van der Waals surface area contributed by atoms with Crippen LogP contribution < -0.4 is 11.1 Å². The third kappa shape index (κ3) is 3.08. The molecule has 0 atom stereocenters. The molecule has 16 heavy (non-hydrogen) atoms. The number of pyridine rings is 1. The number of nitrogens with one attached hydrogen (secondary N) is 1. The van der Waals surface area contributed by atoms with Gasteiger partial charge in [0.05, 0.1) is 11.2 Å². The Kier molecular flexibility index (Phi) is 3.58. The Labute approximate surface area is 102 Å². The first-order valence-corrected chi connectivity index (χ1v) is 6.10. The molecule has 0 aliphatic rings. The van der Waals surface area contributed by atoms with E-state index >= 15 is 0 Å². The molecule has 4 nitrogen and oxygen atoms in total. The van der Waals surface area contributed by atoms with Crippen LogP contribution in [0, 0.1) is 0 Å². The van der Waals surface area contributed by atoms with Gasteiger partial charge in [-0.05, 0) is 6.07 Å². The molecule has 84 valence electrons. The van der Waals surface area contributed by atoms with Crippen molar-refractivity contribution in [3.63, 3.8) is 0 Å². The van der Waals surface area contributed by atoms with Gasteiger partial charge < -0.3 is 11.1 Å². The first-order valence-electron chi connectivity index (χ1n) is 4.78. The van der Waals surface area contributed by atoms with E-state index in [1.54, 1.807) is 23.5 Å². The van der Waals surface area contributed by atoms with Crippen LogP contribution in [0.2, 0.25) is 5.15 Å². The van der Waals surface area contributed by atoms with Crippen molar-refractivity contribution >= 4 is 34.4 Å². The van der Waals surface area contributed by atoms with Crippen LogP contribution in [0.25, 0.3) is 0 Å². The lowest BCUT2D eigenvalue weighted by molar-refractivity contribution is 0.969. The summed E-state index contributed by atoms with van der Waals surface area (Å²) < 4.78 is 0. The van der Waals surface area contributed by atoms with Gasteiger partial charge in [-0.1, -0.05) is 11.6 Å². The predicted molar refractivity (Wildman–Crippen MR) is 68.0 cm³/mol. The largest absolute Gasteiger partial charge is 0.399 e. The molecule has 0 aromatic carbocycles. The van der Waals surface area contributed by atoms with E-state index in [0.717, 1.165) is 18.7 Å². The average molecular weight is 255 g/mol. The summed E-state index contributed by atoms with van der Waals surface area (Å²) in [5.74, 6) is 0.695. The summed E-state index contributed by atoms with van der Waals surface area (Å²) in [5.41, 5.74) is 9.16. The van der Waals surface area contributed by atoms with Crippen LogP contribution in [0.4, 0.5) is 11.5 Å². The Bertz CT molecular complexity index is 438. The minimum atomic E-state index is 0.399. The number of nitrogens with two attached hydrogens (primary N) is 1. The molecule has 0 unspecified atom stereocenters. The number of thiazole rings is 1. The van der Waals surface area contributed by atoms with Gasteiger partial charge in [-0.25, -0.2) is 9.97 Å². The number of hydrogen-bond acceptors (Lipinski definition) is 5. The molecule has 0 radical (unpaired) electrons. The number of hydrogen-bond donors (Lipinski definition) is 2. The molecule has 0 saturated heterocycles. The van der Waals surface area contributed by atoms with Gasteiger partial charge in [0.2, 0.25) is 0 Å². The van der Waals surface area contributed by atoms with Crippen molar-refractivity contribution in [3.05, 3.63) is 33.9 Å². The second-order valence-electron chi connectivity index (χ2n) is 3.26. The minimum absolute atomic E-state index is 0.399. The van der Waals surface area contributed by atoms with Gasteiger partial charge >= 0.3 is 0 Å². The normalized spacial score (nSPS) is 10.3. The summed E-state index contributed by atoms with van der Waals surface area (Å²) in [4.78, 5) is 8.30. The molecule has 0 aliphatic carbocycles. The van der Waals surface area contributed by atoms with Crippen LogP contribution in [0.15, 0.2) is 23.0 Å². The molecule has 2 aromatic rings. The third-order valence-electron chi connectivity index (χ3n) is 1.99. The summed E-state index contributed by atoms with van der Waals surface area (Å²) in [7, 11) is 0. The fourth-order valence-electron chi connectivity index (χ4n) is 1.29. The van der Waals surface area contributed by atoms with E-state index in [0.29, 0.717) is 16.7 Å². The highest BCUT2D eigenvalue weighted by Crippen LogP contribution is 2.15. The molecule has 0 saturated carbocycles. The second kappa shape index (κ2) is 5.14. The molecule has 3 N–H and O–H groups in total. The molecule has 0 bridgehead atoms. The average Bonchev–Trinajstić information content (AvgIpc) is 2.69. The Balaban J connectivity index is 1.89. The minimum Gasteiger partial charge on any atom is -0.399 e. The highest BCUT2D eigenvalue weighted by molar-refractivity contribution is 7.07. The van der Waals surface area contributed by atoms with Crippen molar-refractivity contribution in [3.8, 4) is 0 Å². The molecular formula is C10H11ClN4S. The van der Waals surface area contributed by atoms with E-state index in [9.17, 15) is 0 Å². The standard InChI is InChI=1S/C10H11ClN4S/c11-9-3-7(12)4-10(15-9)13-2-1-8-5-16-6-14-8/h3-6H,1-2H2,(H3,12,13,15). The molecular weight excluding hydrogens is 244 g/mol. The number of halogens is 1.